The van der Waals surface area contributed by atoms with Crippen LogP contribution in [0.3, 0.4) is 0 Å². The molecule has 0 spiro atoms. The van der Waals surface area contributed by atoms with E-state index >= 15 is 0 Å². The summed E-state index contributed by atoms with van der Waals surface area (Å²) in [6, 6.07) is 0. The summed E-state index contributed by atoms with van der Waals surface area (Å²) in [7, 11) is 4.92. The molecule has 0 aliphatic heterocycles. The normalized spacial score (nSPS) is 8.20. The second-order valence-electron chi connectivity index (χ2n) is 1.32. The van der Waals surface area contributed by atoms with Crippen LogP contribution in [0.15, 0.2) is 0 Å². The summed E-state index contributed by atoms with van der Waals surface area (Å²) in [5.74, 6) is 2.94. The molecule has 0 nitrogen and oxygen atoms in total. The molecule has 0 aliphatic carbocycles. The van der Waals surface area contributed by atoms with Crippen molar-refractivity contribution in [1.29, 1.82) is 0 Å². The Bertz CT molecular complexity index is 49.2. The van der Waals surface area contributed by atoms with Gasteiger partial charge in [0.2, 0.25) is 0 Å². The van der Waals surface area contributed by atoms with Gasteiger partial charge in [0.05, 0.1) is 0 Å². The van der Waals surface area contributed by atoms with Gasteiger partial charge < -0.3 is 0 Å². The number of hydrogen-bond donors (Lipinski definition) is 0. The van der Waals surface area contributed by atoms with Crippen molar-refractivity contribution in [3.8, 4) is 5.80 Å². The van der Waals surface area contributed by atoms with E-state index in [2.05, 4.69) is 5.80 Å². The van der Waals surface area contributed by atoms with Crippen LogP contribution in [0.5, 0.6) is 0 Å². The summed E-state index contributed by atoms with van der Waals surface area (Å²) in [6.07, 6.45) is 0. The molecule has 0 amide bonds. The van der Waals surface area contributed by atoms with Crippen LogP contribution in [0.1, 0.15) is 13.8 Å². The summed E-state index contributed by atoms with van der Waals surface area (Å²) in [4.78, 5) is 0. The van der Waals surface area contributed by atoms with Crippen molar-refractivity contribution in [1.82, 2.24) is 0 Å². The molecule has 26 valence electrons. The van der Waals surface area contributed by atoms with Gasteiger partial charge in [-0.05, 0) is 0 Å². The quantitative estimate of drug-likeness (QED) is 0.366. The Morgan fingerprint density at radius 1 is 1.60 bits per heavy atom. The molecule has 5 heavy (non-hydrogen) atoms. The molecule has 0 aliphatic rings. The van der Waals surface area contributed by atoms with Crippen molar-refractivity contribution in [3.63, 3.8) is 0 Å². The van der Waals surface area contributed by atoms with E-state index in [9.17, 15) is 0 Å². The first-order valence-electron chi connectivity index (χ1n) is 1.73. The van der Waals surface area contributed by atoms with Crippen LogP contribution in [0.4, 0.5) is 0 Å². The summed E-state index contributed by atoms with van der Waals surface area (Å²) in [5.41, 5.74) is 0. The second kappa shape index (κ2) is 2.11. The third-order valence-corrected chi connectivity index (χ3v) is 0.333. The molecule has 0 radical (unpaired) electrons. The maximum absolute atomic E-state index is 4.92. The Morgan fingerprint density at radius 3 is 1.80 bits per heavy atom. The predicted octanol–water partition coefficient (Wildman–Crippen LogP) is 0.770. The first kappa shape index (κ1) is 4.84. The van der Waals surface area contributed by atoms with Gasteiger partial charge in [-0.25, -0.2) is 0 Å². The van der Waals surface area contributed by atoms with E-state index in [-0.39, 0.29) is 0 Å². The van der Waals surface area contributed by atoms with Crippen molar-refractivity contribution < 1.29 is 0 Å². The molecule has 0 rings (SSSR count). The average molecular weight is 65.9 g/mol. The van der Waals surface area contributed by atoms with Crippen LogP contribution in [0.25, 0.3) is 0 Å². The van der Waals surface area contributed by atoms with E-state index in [1.165, 1.54) is 0 Å². The molecule has 0 atom stereocenters. The Hall–Kier alpha value is -0.155. The summed E-state index contributed by atoms with van der Waals surface area (Å²) < 4.78 is 0. The number of hydrogen-bond acceptors (Lipinski definition) is 0. The van der Waals surface area contributed by atoms with Crippen LogP contribution in [0, 0.1) is 11.7 Å². The Labute approximate surface area is 34.0 Å². The third-order valence-electron chi connectivity index (χ3n) is 0.333. The fourth-order valence-corrected chi connectivity index (χ4v) is 0. The van der Waals surface area contributed by atoms with E-state index in [1.807, 2.05) is 13.8 Å². The van der Waals surface area contributed by atoms with Gasteiger partial charge in [-0.15, -0.1) is 0 Å². The van der Waals surface area contributed by atoms with Crippen molar-refractivity contribution in [2.24, 2.45) is 5.92 Å². The van der Waals surface area contributed by atoms with Crippen molar-refractivity contribution in [2.45, 2.75) is 13.8 Å². The molecule has 0 saturated heterocycles. The van der Waals surface area contributed by atoms with E-state index in [0.717, 1.165) is 0 Å². The first-order valence-corrected chi connectivity index (χ1v) is 1.73. The molecule has 0 fully saturated rings. The zero-order chi connectivity index (χ0) is 4.28. The fourth-order valence-electron chi connectivity index (χ4n) is 0. The van der Waals surface area contributed by atoms with Gasteiger partial charge in [0.25, 0.3) is 0 Å². The molecule has 0 aromatic heterocycles. The van der Waals surface area contributed by atoms with Gasteiger partial charge >= 0.3 is 32.9 Å². The maximum atomic E-state index is 4.92. The fraction of sp³-hybridized carbons (Fsp3) is 0.750. The standard InChI is InChI=1S/C4H7B/c1-4(2)3-5/h4H,1-2H3. The molecule has 0 aromatic carbocycles. The Kier molecular flexibility index (Phi) is 2.04. The molecular weight excluding hydrogens is 58.9 g/mol. The van der Waals surface area contributed by atoms with Crippen LogP contribution in [0.2, 0.25) is 0 Å². The van der Waals surface area contributed by atoms with E-state index in [1.54, 1.807) is 0 Å². The zero-order valence-corrected chi connectivity index (χ0v) is 3.65. The molecule has 0 saturated carbocycles. The van der Waals surface area contributed by atoms with Crippen LogP contribution in [-0.2, 0) is 0 Å². The third kappa shape index (κ3) is 3.84. The Balaban J connectivity index is 2.94. The van der Waals surface area contributed by atoms with Gasteiger partial charge in [-0.3, -0.25) is 0 Å². The van der Waals surface area contributed by atoms with E-state index in [0.29, 0.717) is 5.92 Å². The molecule has 0 aromatic rings. The topological polar surface area (TPSA) is 0 Å². The molecule has 0 N–H and O–H groups in total. The molecule has 0 unspecified atom stereocenters. The average Bonchev–Trinajstić information content (AvgIpc) is 1.38. The van der Waals surface area contributed by atoms with Crippen molar-refractivity contribution >= 4 is 7.33 Å². The van der Waals surface area contributed by atoms with E-state index in [4.69, 9.17) is 7.33 Å². The zero-order valence-electron chi connectivity index (χ0n) is 3.65. The molecule has 0 heterocycles. The SMILES string of the molecule is B#CC(C)C. The van der Waals surface area contributed by atoms with E-state index < -0.39 is 0 Å². The Morgan fingerprint density at radius 2 is 1.80 bits per heavy atom. The monoisotopic (exact) mass is 66.1 g/mol. The minimum absolute atomic E-state index is 0.412. The summed E-state index contributed by atoms with van der Waals surface area (Å²) in [5, 5.41) is 0. The molecular formula is C4H7B. The molecule has 1 heteroatoms. The first-order chi connectivity index (χ1) is 2.27. The van der Waals surface area contributed by atoms with Crippen molar-refractivity contribution in [2.75, 3.05) is 0 Å². The van der Waals surface area contributed by atoms with Crippen LogP contribution >= 0.6 is 0 Å². The number of rotatable bonds is 0. The van der Waals surface area contributed by atoms with Gasteiger partial charge in [-0.1, -0.05) is 0 Å². The van der Waals surface area contributed by atoms with Gasteiger partial charge in [-0.2, -0.15) is 0 Å². The molecule has 0 bridgehead atoms. The summed E-state index contributed by atoms with van der Waals surface area (Å²) >= 11 is 0. The minimum atomic E-state index is 0.412. The van der Waals surface area contributed by atoms with Gasteiger partial charge in [0, 0.05) is 0 Å². The second-order valence-corrected chi connectivity index (χ2v) is 1.32. The van der Waals surface area contributed by atoms with Crippen molar-refractivity contribution in [3.05, 3.63) is 0 Å². The van der Waals surface area contributed by atoms with Crippen LogP contribution in [-0.4, -0.2) is 7.33 Å². The van der Waals surface area contributed by atoms with Crippen LogP contribution < -0.4 is 0 Å². The summed E-state index contributed by atoms with van der Waals surface area (Å²) in [6.45, 7) is 3.97. The predicted molar refractivity (Wildman–Crippen MR) is 24.5 cm³/mol. The van der Waals surface area contributed by atoms with Gasteiger partial charge in [0.15, 0.2) is 0 Å². The van der Waals surface area contributed by atoms with Gasteiger partial charge in [0.1, 0.15) is 0 Å².